The Kier molecular flexibility index (Phi) is 6.57. The Morgan fingerprint density at radius 1 is 1.28 bits per heavy atom. The summed E-state index contributed by atoms with van der Waals surface area (Å²) in [5.74, 6) is -0.376. The summed E-state index contributed by atoms with van der Waals surface area (Å²) >= 11 is 6.58. The van der Waals surface area contributed by atoms with Gasteiger partial charge in [0.15, 0.2) is 5.78 Å². The summed E-state index contributed by atoms with van der Waals surface area (Å²) in [6.07, 6.45) is 0.409. The van der Waals surface area contributed by atoms with Crippen LogP contribution >= 0.6 is 31.9 Å². The van der Waals surface area contributed by atoms with E-state index in [1.807, 2.05) is 0 Å². The quantitative estimate of drug-likeness (QED) is 0.431. The molecule has 0 aliphatic rings. The molecular formula is C13H14Br2O3. The van der Waals surface area contributed by atoms with Crippen molar-refractivity contribution in [3.63, 3.8) is 0 Å². The van der Waals surface area contributed by atoms with E-state index in [2.05, 4.69) is 31.9 Å². The van der Waals surface area contributed by atoms with Crippen molar-refractivity contribution in [1.29, 1.82) is 0 Å². The molecule has 98 valence electrons. The maximum atomic E-state index is 12.0. The molecule has 0 saturated heterocycles. The lowest BCUT2D eigenvalue weighted by Gasteiger charge is -2.08. The molecule has 0 radical (unpaired) electrons. The van der Waals surface area contributed by atoms with Crippen LogP contribution < -0.4 is 0 Å². The smallest absolute Gasteiger partial charge is 0.338 e. The summed E-state index contributed by atoms with van der Waals surface area (Å²) in [4.78, 5) is 23.6. The van der Waals surface area contributed by atoms with Gasteiger partial charge in [-0.05, 0) is 24.6 Å². The van der Waals surface area contributed by atoms with Crippen LogP contribution in [0.3, 0.4) is 0 Å². The molecule has 0 unspecified atom stereocenters. The van der Waals surface area contributed by atoms with Gasteiger partial charge in [0.1, 0.15) is 0 Å². The summed E-state index contributed by atoms with van der Waals surface area (Å²) in [6, 6.07) is 5.07. The lowest BCUT2D eigenvalue weighted by atomic mass is 10.0. The van der Waals surface area contributed by atoms with Gasteiger partial charge < -0.3 is 4.74 Å². The molecule has 0 heterocycles. The van der Waals surface area contributed by atoms with E-state index in [1.54, 1.807) is 25.1 Å². The number of rotatable bonds is 6. The van der Waals surface area contributed by atoms with Crippen LogP contribution in [0.15, 0.2) is 18.2 Å². The fourth-order valence-electron chi connectivity index (χ4n) is 1.51. The van der Waals surface area contributed by atoms with Crippen LogP contribution in [0.1, 0.15) is 39.6 Å². The number of carbonyl (C=O) groups is 2. The average Bonchev–Trinajstić information content (AvgIpc) is 2.38. The van der Waals surface area contributed by atoms with E-state index < -0.39 is 5.97 Å². The molecule has 5 heteroatoms. The lowest BCUT2D eigenvalue weighted by Crippen LogP contribution is -2.09. The molecule has 0 saturated carbocycles. The van der Waals surface area contributed by atoms with Gasteiger partial charge in [0.25, 0.3) is 0 Å². The van der Waals surface area contributed by atoms with Gasteiger partial charge in [-0.25, -0.2) is 4.79 Å². The Labute approximate surface area is 123 Å². The Balaban J connectivity index is 3.09. The molecule has 1 rings (SSSR count). The zero-order valence-electron chi connectivity index (χ0n) is 10.0. The van der Waals surface area contributed by atoms with E-state index in [0.29, 0.717) is 34.8 Å². The predicted octanol–water partition coefficient (Wildman–Crippen LogP) is 3.73. The maximum absolute atomic E-state index is 12.0. The highest BCUT2D eigenvalue weighted by Gasteiger charge is 2.14. The first-order chi connectivity index (χ1) is 8.63. The highest BCUT2D eigenvalue weighted by molar-refractivity contribution is 9.09. The third kappa shape index (κ3) is 3.92. The number of halogens is 2. The second kappa shape index (κ2) is 7.69. The Morgan fingerprint density at radius 3 is 2.56 bits per heavy atom. The molecule has 0 aromatic heterocycles. The fraction of sp³-hybridized carbons (Fsp3) is 0.385. The molecule has 0 aliphatic carbocycles. The first kappa shape index (κ1) is 15.4. The molecule has 0 N–H and O–H groups in total. The van der Waals surface area contributed by atoms with Crippen molar-refractivity contribution in [3.8, 4) is 0 Å². The van der Waals surface area contributed by atoms with E-state index in [9.17, 15) is 9.59 Å². The summed E-state index contributed by atoms with van der Waals surface area (Å²) < 4.78 is 4.92. The number of esters is 1. The van der Waals surface area contributed by atoms with Crippen molar-refractivity contribution in [1.82, 2.24) is 0 Å². The van der Waals surface area contributed by atoms with E-state index >= 15 is 0 Å². The van der Waals surface area contributed by atoms with Crippen molar-refractivity contribution in [2.45, 2.75) is 18.7 Å². The van der Waals surface area contributed by atoms with Gasteiger partial charge in [-0.15, -0.1) is 0 Å². The number of ketones is 1. The van der Waals surface area contributed by atoms with Crippen LogP contribution in [-0.4, -0.2) is 23.7 Å². The Hall–Kier alpha value is -0.680. The van der Waals surface area contributed by atoms with Gasteiger partial charge in [-0.3, -0.25) is 4.79 Å². The van der Waals surface area contributed by atoms with Crippen LogP contribution in [0.2, 0.25) is 0 Å². The second-order valence-electron chi connectivity index (χ2n) is 3.59. The van der Waals surface area contributed by atoms with Crippen molar-refractivity contribution < 1.29 is 14.3 Å². The minimum Gasteiger partial charge on any atom is -0.462 e. The van der Waals surface area contributed by atoms with E-state index in [1.165, 1.54) is 0 Å². The number of carbonyl (C=O) groups excluding carboxylic acids is 2. The minimum absolute atomic E-state index is 0.0208. The van der Waals surface area contributed by atoms with E-state index in [-0.39, 0.29) is 5.78 Å². The number of ether oxygens (including phenoxy) is 1. The SMILES string of the molecule is CCOC(=O)c1ccc(CBr)c(C(=O)CCBr)c1. The fourth-order valence-corrected chi connectivity index (χ4v) is 2.36. The van der Waals surface area contributed by atoms with E-state index in [4.69, 9.17) is 4.74 Å². The minimum atomic E-state index is -0.397. The molecule has 3 nitrogen and oxygen atoms in total. The molecule has 0 spiro atoms. The number of hydrogen-bond donors (Lipinski definition) is 0. The molecule has 0 aliphatic heterocycles. The normalized spacial score (nSPS) is 10.2. The van der Waals surface area contributed by atoms with Crippen LogP contribution in [0.4, 0.5) is 0 Å². The van der Waals surface area contributed by atoms with Crippen molar-refractivity contribution in [2.24, 2.45) is 0 Å². The zero-order chi connectivity index (χ0) is 13.5. The van der Waals surface area contributed by atoms with Crippen LogP contribution in [0, 0.1) is 0 Å². The summed E-state index contributed by atoms with van der Waals surface area (Å²) in [5.41, 5.74) is 1.88. The third-order valence-electron chi connectivity index (χ3n) is 2.39. The number of Topliss-reactive ketones (excluding diaryl/α,β-unsaturated/α-hetero) is 1. The lowest BCUT2D eigenvalue weighted by molar-refractivity contribution is 0.0526. The summed E-state index contributed by atoms with van der Waals surface area (Å²) in [5, 5.41) is 1.19. The maximum Gasteiger partial charge on any atom is 0.338 e. The standard InChI is InChI=1S/C13H14Br2O3/c1-2-18-13(17)9-3-4-10(8-15)11(7-9)12(16)5-6-14/h3-4,7H,2,5-6,8H2,1H3. The second-order valence-corrected chi connectivity index (χ2v) is 4.94. The highest BCUT2D eigenvalue weighted by atomic mass is 79.9. The molecule has 0 amide bonds. The van der Waals surface area contributed by atoms with Crippen molar-refractivity contribution in [2.75, 3.05) is 11.9 Å². The topological polar surface area (TPSA) is 43.4 Å². The average molecular weight is 378 g/mol. The first-order valence-corrected chi connectivity index (χ1v) is 7.83. The van der Waals surface area contributed by atoms with E-state index in [0.717, 1.165) is 5.56 Å². The van der Waals surface area contributed by atoms with Gasteiger partial charge in [0, 0.05) is 22.6 Å². The van der Waals surface area contributed by atoms with Gasteiger partial charge in [-0.2, -0.15) is 0 Å². The Morgan fingerprint density at radius 2 is 2.00 bits per heavy atom. The summed E-state index contributed by atoms with van der Waals surface area (Å²) in [7, 11) is 0. The zero-order valence-corrected chi connectivity index (χ0v) is 13.2. The van der Waals surface area contributed by atoms with Crippen molar-refractivity contribution in [3.05, 3.63) is 34.9 Å². The molecular weight excluding hydrogens is 364 g/mol. The molecule has 0 bridgehead atoms. The molecule has 18 heavy (non-hydrogen) atoms. The first-order valence-electron chi connectivity index (χ1n) is 5.59. The van der Waals surface area contributed by atoms with Crippen LogP contribution in [0.25, 0.3) is 0 Å². The highest BCUT2D eigenvalue weighted by Crippen LogP contribution is 2.18. The number of hydrogen-bond acceptors (Lipinski definition) is 3. The Bertz CT molecular complexity index is 444. The largest absolute Gasteiger partial charge is 0.462 e. The monoisotopic (exact) mass is 376 g/mol. The molecule has 1 aromatic carbocycles. The predicted molar refractivity (Wildman–Crippen MR) is 77.8 cm³/mol. The van der Waals surface area contributed by atoms with Crippen LogP contribution in [0.5, 0.6) is 0 Å². The van der Waals surface area contributed by atoms with Crippen molar-refractivity contribution >= 4 is 43.6 Å². The molecule has 0 fully saturated rings. The molecule has 0 atom stereocenters. The number of benzene rings is 1. The van der Waals surface area contributed by atoms with Gasteiger partial charge in [0.05, 0.1) is 12.2 Å². The third-order valence-corrected chi connectivity index (χ3v) is 3.39. The van der Waals surface area contributed by atoms with Crippen LogP contribution in [-0.2, 0) is 10.1 Å². The van der Waals surface area contributed by atoms with Gasteiger partial charge >= 0.3 is 5.97 Å². The summed E-state index contributed by atoms with van der Waals surface area (Å²) in [6.45, 7) is 2.07. The molecule has 1 aromatic rings. The van der Waals surface area contributed by atoms with Gasteiger partial charge in [-0.1, -0.05) is 37.9 Å². The number of alkyl halides is 2. The van der Waals surface area contributed by atoms with Gasteiger partial charge in [0.2, 0.25) is 0 Å².